The van der Waals surface area contributed by atoms with Gasteiger partial charge in [-0.05, 0) is 41.1 Å². The molecule has 0 aliphatic carbocycles. The predicted molar refractivity (Wildman–Crippen MR) is 74.7 cm³/mol. The van der Waals surface area contributed by atoms with E-state index in [1.807, 2.05) is 16.8 Å². The third-order valence-corrected chi connectivity index (χ3v) is 3.55. The molecule has 0 aliphatic heterocycles. The van der Waals surface area contributed by atoms with Crippen molar-refractivity contribution >= 4 is 17.4 Å². The fourth-order valence-electron chi connectivity index (χ4n) is 1.81. The van der Waals surface area contributed by atoms with Crippen LogP contribution in [0.25, 0.3) is 0 Å². The van der Waals surface area contributed by atoms with E-state index in [1.54, 1.807) is 11.3 Å². The summed E-state index contributed by atoms with van der Waals surface area (Å²) in [7, 11) is 0. The minimum atomic E-state index is -0.139. The fourth-order valence-corrected chi connectivity index (χ4v) is 2.48. The standard InChI is InChI=1S/C13H22N2O2S/c1-2-3-11(4-6-16)8-14-13(17)15-9-12-5-7-18-10-12/h5,7,10-11,16H,2-4,6,8-9H2,1H3,(H2,14,15,17). The molecule has 3 N–H and O–H groups in total. The molecule has 1 unspecified atom stereocenters. The Morgan fingerprint density at radius 2 is 2.28 bits per heavy atom. The third-order valence-electron chi connectivity index (χ3n) is 2.82. The van der Waals surface area contributed by atoms with Gasteiger partial charge in [0.25, 0.3) is 0 Å². The van der Waals surface area contributed by atoms with Gasteiger partial charge in [-0.1, -0.05) is 13.3 Å². The highest BCUT2D eigenvalue weighted by molar-refractivity contribution is 7.07. The smallest absolute Gasteiger partial charge is 0.315 e. The van der Waals surface area contributed by atoms with Crippen molar-refractivity contribution in [3.63, 3.8) is 0 Å². The summed E-state index contributed by atoms with van der Waals surface area (Å²) in [6.45, 7) is 3.49. The van der Waals surface area contributed by atoms with Gasteiger partial charge < -0.3 is 15.7 Å². The first-order valence-corrected chi connectivity index (χ1v) is 7.34. The van der Waals surface area contributed by atoms with Crippen LogP contribution in [0.1, 0.15) is 31.7 Å². The van der Waals surface area contributed by atoms with E-state index in [4.69, 9.17) is 5.11 Å². The summed E-state index contributed by atoms with van der Waals surface area (Å²) in [5, 5.41) is 18.6. The number of hydrogen-bond acceptors (Lipinski definition) is 3. The number of carbonyl (C=O) groups is 1. The van der Waals surface area contributed by atoms with Crippen molar-refractivity contribution in [2.24, 2.45) is 5.92 Å². The Balaban J connectivity index is 2.18. The molecule has 4 nitrogen and oxygen atoms in total. The normalized spacial score (nSPS) is 12.1. The minimum absolute atomic E-state index is 0.139. The zero-order valence-electron chi connectivity index (χ0n) is 10.8. The average Bonchev–Trinajstić information content (AvgIpc) is 2.87. The largest absolute Gasteiger partial charge is 0.396 e. The lowest BCUT2D eigenvalue weighted by atomic mass is 10.0. The summed E-state index contributed by atoms with van der Waals surface area (Å²) in [6.07, 6.45) is 2.85. The number of carbonyl (C=O) groups excluding carboxylic acids is 1. The molecular weight excluding hydrogens is 248 g/mol. The van der Waals surface area contributed by atoms with Gasteiger partial charge in [-0.2, -0.15) is 11.3 Å². The van der Waals surface area contributed by atoms with Gasteiger partial charge in [-0.3, -0.25) is 0 Å². The van der Waals surface area contributed by atoms with Crippen molar-refractivity contribution in [3.05, 3.63) is 22.4 Å². The van der Waals surface area contributed by atoms with Crippen LogP contribution in [0.3, 0.4) is 0 Å². The molecule has 1 heterocycles. The van der Waals surface area contributed by atoms with Gasteiger partial charge in [-0.15, -0.1) is 0 Å². The summed E-state index contributed by atoms with van der Waals surface area (Å²) < 4.78 is 0. The Morgan fingerprint density at radius 1 is 1.44 bits per heavy atom. The van der Waals surface area contributed by atoms with Gasteiger partial charge >= 0.3 is 6.03 Å². The summed E-state index contributed by atoms with van der Waals surface area (Å²) in [4.78, 5) is 11.6. The van der Waals surface area contributed by atoms with Crippen molar-refractivity contribution in [1.29, 1.82) is 0 Å². The molecule has 0 spiro atoms. The van der Waals surface area contributed by atoms with E-state index in [-0.39, 0.29) is 12.6 Å². The minimum Gasteiger partial charge on any atom is -0.396 e. The Hall–Kier alpha value is -1.07. The van der Waals surface area contributed by atoms with E-state index in [1.165, 1.54) is 0 Å². The van der Waals surface area contributed by atoms with E-state index in [9.17, 15) is 4.79 Å². The van der Waals surface area contributed by atoms with Crippen LogP contribution < -0.4 is 10.6 Å². The van der Waals surface area contributed by atoms with Gasteiger partial charge in [0.2, 0.25) is 0 Å². The predicted octanol–water partition coefficient (Wildman–Crippen LogP) is 2.35. The van der Waals surface area contributed by atoms with Gasteiger partial charge in [0.15, 0.2) is 0 Å². The Bertz CT molecular complexity index is 322. The summed E-state index contributed by atoms with van der Waals surface area (Å²) in [5.74, 6) is 0.367. The second-order valence-electron chi connectivity index (χ2n) is 4.36. The van der Waals surface area contributed by atoms with Gasteiger partial charge in [0.1, 0.15) is 0 Å². The number of rotatable bonds is 8. The topological polar surface area (TPSA) is 61.4 Å². The number of aliphatic hydroxyl groups is 1. The SMILES string of the molecule is CCCC(CCO)CNC(=O)NCc1ccsc1. The van der Waals surface area contributed by atoms with Crippen LogP contribution in [-0.4, -0.2) is 24.3 Å². The van der Waals surface area contributed by atoms with Crippen LogP contribution in [0.2, 0.25) is 0 Å². The van der Waals surface area contributed by atoms with E-state index in [0.29, 0.717) is 19.0 Å². The van der Waals surface area contributed by atoms with Crippen LogP contribution in [-0.2, 0) is 6.54 Å². The highest BCUT2D eigenvalue weighted by Gasteiger charge is 2.09. The molecule has 1 rings (SSSR count). The molecule has 0 bridgehead atoms. The first-order valence-electron chi connectivity index (χ1n) is 6.39. The van der Waals surface area contributed by atoms with E-state index < -0.39 is 0 Å². The quantitative estimate of drug-likeness (QED) is 0.679. The zero-order valence-corrected chi connectivity index (χ0v) is 11.6. The third kappa shape index (κ3) is 6.02. The second kappa shape index (κ2) is 8.94. The fraction of sp³-hybridized carbons (Fsp3) is 0.615. The van der Waals surface area contributed by atoms with Crippen molar-refractivity contribution < 1.29 is 9.90 Å². The first-order chi connectivity index (χ1) is 8.76. The number of amides is 2. The number of aliphatic hydroxyl groups excluding tert-OH is 1. The van der Waals surface area contributed by atoms with Crippen molar-refractivity contribution in [2.45, 2.75) is 32.7 Å². The molecule has 18 heavy (non-hydrogen) atoms. The number of nitrogens with one attached hydrogen (secondary N) is 2. The van der Waals surface area contributed by atoms with Crippen molar-refractivity contribution in [1.82, 2.24) is 10.6 Å². The highest BCUT2D eigenvalue weighted by Crippen LogP contribution is 2.09. The summed E-state index contributed by atoms with van der Waals surface area (Å²) in [5.41, 5.74) is 1.12. The second-order valence-corrected chi connectivity index (χ2v) is 5.14. The van der Waals surface area contributed by atoms with Gasteiger partial charge in [0, 0.05) is 19.7 Å². The lowest BCUT2D eigenvalue weighted by molar-refractivity contribution is 0.229. The zero-order chi connectivity index (χ0) is 13.2. The molecule has 0 saturated carbocycles. The molecule has 1 aromatic heterocycles. The molecule has 1 atom stereocenters. The van der Waals surface area contributed by atoms with Gasteiger partial charge in [0.05, 0.1) is 0 Å². The molecule has 1 aromatic rings. The maximum absolute atomic E-state index is 11.6. The van der Waals surface area contributed by atoms with Crippen LogP contribution in [0.4, 0.5) is 4.79 Å². The molecule has 0 fully saturated rings. The highest BCUT2D eigenvalue weighted by atomic mass is 32.1. The van der Waals surface area contributed by atoms with E-state index >= 15 is 0 Å². The monoisotopic (exact) mass is 270 g/mol. The number of hydrogen-bond donors (Lipinski definition) is 3. The van der Waals surface area contributed by atoms with Crippen LogP contribution >= 0.6 is 11.3 Å². The lowest BCUT2D eigenvalue weighted by Crippen LogP contribution is -2.38. The van der Waals surface area contributed by atoms with Crippen molar-refractivity contribution in [3.8, 4) is 0 Å². The average molecular weight is 270 g/mol. The molecular formula is C13H22N2O2S. The maximum Gasteiger partial charge on any atom is 0.315 e. The molecule has 5 heteroatoms. The van der Waals surface area contributed by atoms with E-state index in [2.05, 4.69) is 17.6 Å². The molecule has 0 saturated heterocycles. The first kappa shape index (κ1) is 15.0. The summed E-state index contributed by atoms with van der Waals surface area (Å²) >= 11 is 1.62. The Labute approximate surface area is 112 Å². The number of urea groups is 1. The summed E-state index contributed by atoms with van der Waals surface area (Å²) in [6, 6.07) is 1.86. The van der Waals surface area contributed by atoms with Gasteiger partial charge in [-0.25, -0.2) is 4.79 Å². The molecule has 2 amide bonds. The van der Waals surface area contributed by atoms with Crippen LogP contribution in [0.5, 0.6) is 0 Å². The molecule has 0 aromatic carbocycles. The Kier molecular flexibility index (Phi) is 7.44. The molecule has 0 aliphatic rings. The van der Waals surface area contributed by atoms with Crippen molar-refractivity contribution in [2.75, 3.05) is 13.2 Å². The van der Waals surface area contributed by atoms with Crippen LogP contribution in [0, 0.1) is 5.92 Å². The van der Waals surface area contributed by atoms with E-state index in [0.717, 1.165) is 24.8 Å². The van der Waals surface area contributed by atoms with Crippen LogP contribution in [0.15, 0.2) is 16.8 Å². The maximum atomic E-state index is 11.6. The molecule has 0 radical (unpaired) electrons. The molecule has 102 valence electrons. The lowest BCUT2D eigenvalue weighted by Gasteiger charge is -2.15. The Morgan fingerprint density at radius 3 is 2.89 bits per heavy atom. The number of thiophene rings is 1.